The first-order chi connectivity index (χ1) is 13.3. The fourth-order valence-electron chi connectivity index (χ4n) is 4.28. The van der Waals surface area contributed by atoms with Crippen molar-refractivity contribution in [1.82, 2.24) is 34.8 Å². The topological polar surface area (TPSA) is 63.8 Å². The lowest BCUT2D eigenvalue weighted by atomic mass is 9.95. The standard InChI is InChI=1S/C19H25N7S/c1-24-12-15(18(23-24)16-3-2-10-27-16)13-25-7-4-14(5-8-25)19-22-21-17-11-20-6-9-26(17)19/h2-3,10,12,14,20H,4-9,11,13H2,1H3. The predicted octanol–water partition coefficient (Wildman–Crippen LogP) is 2.22. The number of aryl methyl sites for hydroxylation is 1. The van der Waals surface area contributed by atoms with E-state index in [1.807, 2.05) is 11.7 Å². The molecule has 0 unspecified atom stereocenters. The molecule has 5 rings (SSSR count). The van der Waals surface area contributed by atoms with Gasteiger partial charge in [0, 0.05) is 44.4 Å². The Hall–Kier alpha value is -2.03. The van der Waals surface area contributed by atoms with Crippen molar-refractivity contribution in [3.63, 3.8) is 0 Å². The van der Waals surface area contributed by atoms with Crippen LogP contribution in [0.2, 0.25) is 0 Å². The lowest BCUT2D eigenvalue weighted by Crippen LogP contribution is -2.34. The molecule has 0 radical (unpaired) electrons. The number of fused-ring (bicyclic) bond motifs is 1. The van der Waals surface area contributed by atoms with Gasteiger partial charge in [-0.1, -0.05) is 6.07 Å². The number of thiophene rings is 1. The molecule has 0 bridgehead atoms. The third-order valence-corrected chi connectivity index (χ3v) is 6.53. The number of piperidine rings is 1. The van der Waals surface area contributed by atoms with Crippen molar-refractivity contribution >= 4 is 11.3 Å². The van der Waals surface area contributed by atoms with Crippen molar-refractivity contribution in [3.05, 3.63) is 40.9 Å². The molecule has 8 heteroatoms. The second-order valence-electron chi connectivity index (χ2n) is 7.51. The number of nitrogens with one attached hydrogen (secondary N) is 1. The molecule has 2 aliphatic heterocycles. The molecule has 1 saturated heterocycles. The molecule has 1 N–H and O–H groups in total. The van der Waals surface area contributed by atoms with Gasteiger partial charge in [0.25, 0.3) is 0 Å². The highest BCUT2D eigenvalue weighted by atomic mass is 32.1. The Morgan fingerprint density at radius 1 is 1.22 bits per heavy atom. The maximum atomic E-state index is 4.70. The molecule has 7 nitrogen and oxygen atoms in total. The minimum Gasteiger partial charge on any atom is -0.312 e. The van der Waals surface area contributed by atoms with Crippen molar-refractivity contribution in [2.45, 2.75) is 38.4 Å². The van der Waals surface area contributed by atoms with Crippen LogP contribution < -0.4 is 5.32 Å². The van der Waals surface area contributed by atoms with Crippen LogP contribution in [-0.2, 0) is 26.7 Å². The Morgan fingerprint density at radius 2 is 2.11 bits per heavy atom. The molecular formula is C19H25N7S. The number of aromatic nitrogens is 5. The summed E-state index contributed by atoms with van der Waals surface area (Å²) < 4.78 is 4.28. The Balaban J connectivity index is 1.26. The molecule has 2 aliphatic rings. The van der Waals surface area contributed by atoms with E-state index in [0.717, 1.165) is 63.6 Å². The van der Waals surface area contributed by atoms with Crippen LogP contribution in [0, 0.1) is 0 Å². The maximum absolute atomic E-state index is 4.70. The highest BCUT2D eigenvalue weighted by Crippen LogP contribution is 2.31. The van der Waals surface area contributed by atoms with Crippen molar-refractivity contribution in [1.29, 1.82) is 0 Å². The Kier molecular flexibility index (Phi) is 4.55. The van der Waals surface area contributed by atoms with E-state index < -0.39 is 0 Å². The molecule has 3 aromatic heterocycles. The average molecular weight is 384 g/mol. The first-order valence-corrected chi connectivity index (χ1v) is 10.6. The lowest BCUT2D eigenvalue weighted by molar-refractivity contribution is 0.199. The second-order valence-corrected chi connectivity index (χ2v) is 8.45. The van der Waals surface area contributed by atoms with Crippen LogP contribution in [-0.4, -0.2) is 49.1 Å². The molecule has 27 heavy (non-hydrogen) atoms. The molecule has 142 valence electrons. The molecule has 0 amide bonds. The minimum absolute atomic E-state index is 0.534. The second kappa shape index (κ2) is 7.18. The van der Waals surface area contributed by atoms with Gasteiger partial charge in [-0.05, 0) is 37.4 Å². The van der Waals surface area contributed by atoms with E-state index in [1.165, 1.54) is 16.3 Å². The third kappa shape index (κ3) is 3.33. The summed E-state index contributed by atoms with van der Waals surface area (Å²) in [6.07, 6.45) is 4.48. The van der Waals surface area contributed by atoms with Crippen LogP contribution in [0.4, 0.5) is 0 Å². The van der Waals surface area contributed by atoms with Crippen molar-refractivity contribution < 1.29 is 0 Å². The van der Waals surface area contributed by atoms with Gasteiger partial charge < -0.3 is 9.88 Å². The van der Waals surface area contributed by atoms with E-state index in [-0.39, 0.29) is 0 Å². The van der Waals surface area contributed by atoms with Gasteiger partial charge in [0.1, 0.15) is 17.3 Å². The summed E-state index contributed by atoms with van der Waals surface area (Å²) in [6, 6.07) is 4.25. The van der Waals surface area contributed by atoms with Crippen LogP contribution >= 0.6 is 11.3 Å². The smallest absolute Gasteiger partial charge is 0.147 e. The molecule has 1 fully saturated rings. The maximum Gasteiger partial charge on any atom is 0.147 e. The van der Waals surface area contributed by atoms with Crippen LogP contribution in [0.15, 0.2) is 23.7 Å². The highest BCUT2D eigenvalue weighted by molar-refractivity contribution is 7.13. The van der Waals surface area contributed by atoms with Crippen LogP contribution in [0.3, 0.4) is 0 Å². The molecule has 0 aliphatic carbocycles. The first-order valence-electron chi connectivity index (χ1n) is 9.69. The summed E-state index contributed by atoms with van der Waals surface area (Å²) in [6.45, 7) is 6.03. The number of likely N-dealkylation sites (tertiary alicyclic amines) is 1. The van der Waals surface area contributed by atoms with Gasteiger partial charge in [-0.3, -0.25) is 9.58 Å². The summed E-state index contributed by atoms with van der Waals surface area (Å²) in [5.74, 6) is 2.83. The third-order valence-electron chi connectivity index (χ3n) is 5.66. The zero-order chi connectivity index (χ0) is 18.2. The Bertz CT molecular complexity index is 903. The van der Waals surface area contributed by atoms with Gasteiger partial charge in [-0.15, -0.1) is 21.5 Å². The van der Waals surface area contributed by atoms with Gasteiger partial charge in [-0.2, -0.15) is 5.10 Å². The fraction of sp³-hybridized carbons (Fsp3) is 0.526. The van der Waals surface area contributed by atoms with Crippen LogP contribution in [0.1, 0.15) is 36.0 Å². The molecule has 0 spiro atoms. The highest BCUT2D eigenvalue weighted by Gasteiger charge is 2.27. The summed E-state index contributed by atoms with van der Waals surface area (Å²) in [5, 5.41) is 19.1. The minimum atomic E-state index is 0.534. The molecule has 0 aromatic carbocycles. The van der Waals surface area contributed by atoms with Crippen molar-refractivity contribution in [2.75, 3.05) is 19.6 Å². The number of nitrogens with zero attached hydrogens (tertiary/aromatic N) is 6. The zero-order valence-corrected chi connectivity index (χ0v) is 16.5. The van der Waals surface area contributed by atoms with Crippen LogP contribution in [0.25, 0.3) is 10.6 Å². The Labute approximate surface area is 163 Å². The monoisotopic (exact) mass is 383 g/mol. The molecule has 5 heterocycles. The van der Waals surface area contributed by atoms with E-state index in [4.69, 9.17) is 5.10 Å². The SMILES string of the molecule is Cn1cc(CN2CCC(c3nnc4n3CCNC4)CC2)c(-c2cccs2)n1. The zero-order valence-electron chi connectivity index (χ0n) is 15.6. The number of rotatable bonds is 4. The van der Waals surface area contributed by atoms with Gasteiger partial charge in [0.15, 0.2) is 0 Å². The quantitative estimate of drug-likeness (QED) is 0.748. The number of hydrogen-bond donors (Lipinski definition) is 1. The summed E-state index contributed by atoms with van der Waals surface area (Å²) in [7, 11) is 2.01. The summed E-state index contributed by atoms with van der Waals surface area (Å²) in [5.41, 5.74) is 2.46. The molecule has 3 aromatic rings. The molecular weight excluding hydrogens is 358 g/mol. The summed E-state index contributed by atoms with van der Waals surface area (Å²) >= 11 is 1.76. The molecule has 0 atom stereocenters. The van der Waals surface area contributed by atoms with E-state index in [9.17, 15) is 0 Å². The average Bonchev–Trinajstić information content (AvgIpc) is 3.42. The van der Waals surface area contributed by atoms with E-state index in [0.29, 0.717) is 5.92 Å². The largest absolute Gasteiger partial charge is 0.312 e. The van der Waals surface area contributed by atoms with E-state index >= 15 is 0 Å². The van der Waals surface area contributed by atoms with Crippen molar-refractivity contribution in [2.24, 2.45) is 7.05 Å². The lowest BCUT2D eigenvalue weighted by Gasteiger charge is -2.32. The number of hydrogen-bond acceptors (Lipinski definition) is 6. The normalized spacial score (nSPS) is 18.7. The van der Waals surface area contributed by atoms with Crippen molar-refractivity contribution in [3.8, 4) is 10.6 Å². The van der Waals surface area contributed by atoms with E-state index in [1.54, 1.807) is 11.3 Å². The van der Waals surface area contributed by atoms with Gasteiger partial charge in [0.2, 0.25) is 0 Å². The van der Waals surface area contributed by atoms with Gasteiger partial charge in [-0.25, -0.2) is 0 Å². The summed E-state index contributed by atoms with van der Waals surface area (Å²) in [4.78, 5) is 3.81. The fourth-order valence-corrected chi connectivity index (χ4v) is 5.03. The molecule has 0 saturated carbocycles. The van der Waals surface area contributed by atoms with Gasteiger partial charge in [0.05, 0.1) is 11.4 Å². The predicted molar refractivity (Wildman–Crippen MR) is 106 cm³/mol. The first kappa shape index (κ1) is 17.1. The van der Waals surface area contributed by atoms with Crippen LogP contribution in [0.5, 0.6) is 0 Å². The van der Waals surface area contributed by atoms with E-state index in [2.05, 4.69) is 48.7 Å². The van der Waals surface area contributed by atoms with Gasteiger partial charge >= 0.3 is 0 Å². The Morgan fingerprint density at radius 3 is 2.93 bits per heavy atom.